The minimum absolute atomic E-state index is 0.0416. The lowest BCUT2D eigenvalue weighted by Gasteiger charge is -2.16. The Hall–Kier alpha value is -0.750. The highest BCUT2D eigenvalue weighted by atomic mass is 19.3. The average molecular weight is 208 g/mol. The van der Waals surface area contributed by atoms with Crippen molar-refractivity contribution in [2.45, 2.75) is 24.8 Å². The molecule has 1 saturated heterocycles. The maximum Gasteiger partial charge on any atom is 0.261 e. The lowest BCUT2D eigenvalue weighted by molar-refractivity contribution is -0.169. The summed E-state index contributed by atoms with van der Waals surface area (Å²) >= 11 is 0. The number of hydrogen-bond donors (Lipinski definition) is 1. The molecule has 1 N–H and O–H groups in total. The zero-order valence-electron chi connectivity index (χ0n) is 8.22. The average Bonchev–Trinajstić information content (AvgIpc) is 2.44. The van der Waals surface area contributed by atoms with Gasteiger partial charge in [0.2, 0.25) is 5.91 Å². The molecule has 1 atom stereocenters. The van der Waals surface area contributed by atoms with E-state index >= 15 is 0 Å². The van der Waals surface area contributed by atoms with Gasteiger partial charge >= 0.3 is 0 Å². The van der Waals surface area contributed by atoms with Crippen molar-refractivity contribution in [2.24, 2.45) is 0 Å². The number of carbonyl (C=O) groups excluding carboxylic acids is 1. The highest BCUT2D eigenvalue weighted by Crippen LogP contribution is 2.26. The Balaban J connectivity index is 2.36. The summed E-state index contributed by atoms with van der Waals surface area (Å²) < 4.78 is 25.4. The van der Waals surface area contributed by atoms with Crippen LogP contribution in [-0.2, 0) is 9.63 Å². The van der Waals surface area contributed by atoms with Crippen LogP contribution in [0.25, 0.3) is 0 Å². The first-order valence-electron chi connectivity index (χ1n) is 4.36. The van der Waals surface area contributed by atoms with E-state index in [0.717, 1.165) is 5.06 Å². The molecule has 6 heteroatoms. The van der Waals surface area contributed by atoms with Gasteiger partial charge in [0.25, 0.3) is 5.92 Å². The number of amides is 1. The van der Waals surface area contributed by atoms with Crippen LogP contribution >= 0.6 is 0 Å². The van der Waals surface area contributed by atoms with E-state index in [9.17, 15) is 13.6 Å². The lowest BCUT2D eigenvalue weighted by atomic mass is 10.1. The largest absolute Gasteiger partial charge is 0.308 e. The fourth-order valence-corrected chi connectivity index (χ4v) is 1.38. The maximum absolute atomic E-state index is 12.7. The van der Waals surface area contributed by atoms with Gasteiger partial charge in [-0.15, -0.1) is 0 Å². The third kappa shape index (κ3) is 2.88. The third-order valence-corrected chi connectivity index (χ3v) is 2.24. The predicted molar refractivity (Wildman–Crippen MR) is 45.8 cm³/mol. The molecule has 0 spiro atoms. The Morgan fingerprint density at radius 1 is 1.71 bits per heavy atom. The number of carbonyl (C=O) groups is 1. The molecule has 0 bridgehead atoms. The van der Waals surface area contributed by atoms with Crippen LogP contribution in [0.4, 0.5) is 8.78 Å². The zero-order chi connectivity index (χ0) is 10.8. The summed E-state index contributed by atoms with van der Waals surface area (Å²) in [6.07, 6.45) is -0.240. The lowest BCUT2D eigenvalue weighted by Crippen LogP contribution is -2.32. The van der Waals surface area contributed by atoms with Crippen molar-refractivity contribution in [3.05, 3.63) is 0 Å². The molecule has 0 unspecified atom stereocenters. The van der Waals surface area contributed by atoms with Gasteiger partial charge in [-0.2, -0.15) is 0 Å². The Morgan fingerprint density at radius 2 is 2.36 bits per heavy atom. The second kappa shape index (κ2) is 4.18. The van der Waals surface area contributed by atoms with Gasteiger partial charge in [-0.3, -0.25) is 9.63 Å². The molecule has 0 radical (unpaired) electrons. The second-order valence-corrected chi connectivity index (χ2v) is 3.42. The van der Waals surface area contributed by atoms with Crippen molar-refractivity contribution < 1.29 is 18.4 Å². The topological polar surface area (TPSA) is 41.6 Å². The van der Waals surface area contributed by atoms with Crippen molar-refractivity contribution in [1.29, 1.82) is 0 Å². The molecule has 1 amide bonds. The van der Waals surface area contributed by atoms with E-state index in [2.05, 4.69) is 10.2 Å². The molecule has 0 saturated carbocycles. The van der Waals surface area contributed by atoms with E-state index < -0.39 is 12.0 Å². The van der Waals surface area contributed by atoms with Crippen molar-refractivity contribution >= 4 is 5.91 Å². The van der Waals surface area contributed by atoms with Gasteiger partial charge in [-0.25, -0.2) is 13.8 Å². The van der Waals surface area contributed by atoms with Crippen molar-refractivity contribution in [1.82, 2.24) is 10.4 Å². The molecule has 1 aliphatic rings. The smallest absolute Gasteiger partial charge is 0.261 e. The van der Waals surface area contributed by atoms with E-state index in [1.807, 2.05) is 0 Å². The Labute approximate surface area is 81.2 Å². The quantitative estimate of drug-likeness (QED) is 0.682. The fraction of sp³-hybridized carbons (Fsp3) is 0.875. The SMILES string of the molecule is CON(C)C(=O)C[C@@H]1CC(F)(F)CN1. The highest BCUT2D eigenvalue weighted by Gasteiger charge is 2.40. The van der Waals surface area contributed by atoms with Crippen LogP contribution in [0, 0.1) is 0 Å². The zero-order valence-corrected chi connectivity index (χ0v) is 8.22. The second-order valence-electron chi connectivity index (χ2n) is 3.42. The van der Waals surface area contributed by atoms with E-state index in [1.54, 1.807) is 0 Å². The molecule has 1 heterocycles. The molecule has 0 aromatic rings. The van der Waals surface area contributed by atoms with E-state index in [0.29, 0.717) is 0 Å². The summed E-state index contributed by atoms with van der Waals surface area (Å²) in [6.45, 7) is -0.346. The number of hydrogen-bond acceptors (Lipinski definition) is 3. The molecule has 0 aliphatic carbocycles. The Morgan fingerprint density at radius 3 is 2.79 bits per heavy atom. The summed E-state index contributed by atoms with van der Waals surface area (Å²) in [5.41, 5.74) is 0. The Kier molecular flexibility index (Phi) is 3.38. The van der Waals surface area contributed by atoms with Crippen molar-refractivity contribution in [3.8, 4) is 0 Å². The number of halogens is 2. The van der Waals surface area contributed by atoms with E-state index in [-0.39, 0.29) is 25.3 Å². The van der Waals surface area contributed by atoms with Gasteiger partial charge in [0.1, 0.15) is 0 Å². The van der Waals surface area contributed by atoms with Crippen LogP contribution < -0.4 is 5.32 Å². The Bertz CT molecular complexity index is 223. The molecular formula is C8H14F2N2O2. The first kappa shape index (κ1) is 11.3. The standard InChI is InChI=1S/C8H14F2N2O2/c1-12(14-2)7(13)3-6-4-8(9,10)5-11-6/h6,11H,3-5H2,1-2H3/t6-/m1/s1. The first-order chi connectivity index (χ1) is 6.44. The predicted octanol–water partition coefficient (Wildman–Crippen LogP) is 0.393. The molecule has 4 nitrogen and oxygen atoms in total. The number of nitrogens with one attached hydrogen (secondary N) is 1. The molecule has 0 aromatic carbocycles. The summed E-state index contributed by atoms with van der Waals surface area (Å²) in [4.78, 5) is 15.9. The van der Waals surface area contributed by atoms with Crippen LogP contribution in [0.5, 0.6) is 0 Å². The minimum Gasteiger partial charge on any atom is -0.308 e. The van der Waals surface area contributed by atoms with Crippen LogP contribution in [0.3, 0.4) is 0 Å². The van der Waals surface area contributed by atoms with Gasteiger partial charge in [-0.1, -0.05) is 0 Å². The number of rotatable bonds is 3. The molecule has 1 aliphatic heterocycles. The van der Waals surface area contributed by atoms with E-state index in [1.165, 1.54) is 14.2 Å². The normalized spacial score (nSPS) is 25.0. The summed E-state index contributed by atoms with van der Waals surface area (Å²) in [7, 11) is 2.81. The van der Waals surface area contributed by atoms with Gasteiger partial charge in [0.15, 0.2) is 0 Å². The van der Waals surface area contributed by atoms with Gasteiger partial charge in [0, 0.05) is 25.9 Å². The maximum atomic E-state index is 12.7. The van der Waals surface area contributed by atoms with Crippen LogP contribution in [0.2, 0.25) is 0 Å². The minimum atomic E-state index is -2.68. The van der Waals surface area contributed by atoms with Gasteiger partial charge in [-0.05, 0) is 0 Å². The molecule has 82 valence electrons. The summed E-state index contributed by atoms with van der Waals surface area (Å²) in [5, 5.41) is 3.64. The summed E-state index contributed by atoms with van der Waals surface area (Å²) in [5.74, 6) is -2.99. The van der Waals surface area contributed by atoms with E-state index in [4.69, 9.17) is 0 Å². The monoisotopic (exact) mass is 208 g/mol. The molecular weight excluding hydrogens is 194 g/mol. The number of hydroxylamine groups is 2. The molecule has 1 rings (SSSR count). The first-order valence-corrected chi connectivity index (χ1v) is 4.36. The van der Waals surface area contributed by atoms with Gasteiger partial charge < -0.3 is 5.32 Å². The summed E-state index contributed by atoms with van der Waals surface area (Å²) in [6, 6.07) is -0.449. The molecule has 1 fully saturated rings. The van der Waals surface area contributed by atoms with Crippen LogP contribution in [-0.4, -0.2) is 43.6 Å². The molecule has 14 heavy (non-hydrogen) atoms. The van der Waals surface area contributed by atoms with Gasteiger partial charge in [0.05, 0.1) is 13.7 Å². The van der Waals surface area contributed by atoms with Crippen LogP contribution in [0.1, 0.15) is 12.8 Å². The highest BCUT2D eigenvalue weighted by molar-refractivity contribution is 5.75. The fourth-order valence-electron chi connectivity index (χ4n) is 1.38. The third-order valence-electron chi connectivity index (χ3n) is 2.24. The number of alkyl halides is 2. The molecule has 0 aromatic heterocycles. The van der Waals surface area contributed by atoms with Crippen LogP contribution in [0.15, 0.2) is 0 Å². The number of nitrogens with zero attached hydrogens (tertiary/aromatic N) is 1. The van der Waals surface area contributed by atoms with Crippen molar-refractivity contribution in [3.63, 3.8) is 0 Å². The van der Waals surface area contributed by atoms with Crippen molar-refractivity contribution in [2.75, 3.05) is 20.7 Å².